The van der Waals surface area contributed by atoms with E-state index in [1.165, 1.54) is 0 Å². The molecule has 1 heterocycles. The first kappa shape index (κ1) is 12.3. The maximum atomic E-state index is 11.6. The molecule has 1 rings (SSSR count). The van der Waals surface area contributed by atoms with Crippen LogP contribution in [0.5, 0.6) is 0 Å². The molecule has 1 unspecified atom stereocenters. The highest BCUT2D eigenvalue weighted by Crippen LogP contribution is 2.02. The molecule has 0 aliphatic heterocycles. The Bertz CT molecular complexity index is 384. The minimum Gasteiger partial charge on any atom is -0.481 e. The Morgan fingerprint density at radius 2 is 2.25 bits per heavy atom. The van der Waals surface area contributed by atoms with E-state index in [9.17, 15) is 9.59 Å². The van der Waals surface area contributed by atoms with E-state index in [0.29, 0.717) is 12.2 Å². The van der Waals surface area contributed by atoms with Crippen LogP contribution in [0.2, 0.25) is 0 Å². The Balaban J connectivity index is 2.42. The lowest BCUT2D eigenvalue weighted by Gasteiger charge is -2.10. The molecular weight excluding hydrogens is 208 g/mol. The van der Waals surface area contributed by atoms with Crippen LogP contribution in [0.1, 0.15) is 23.8 Å². The summed E-state index contributed by atoms with van der Waals surface area (Å²) < 4.78 is 1.72. The molecule has 0 aromatic carbocycles. The summed E-state index contributed by atoms with van der Waals surface area (Å²) in [7, 11) is 1.79. The van der Waals surface area contributed by atoms with E-state index in [2.05, 4.69) is 5.32 Å². The zero-order valence-corrected chi connectivity index (χ0v) is 9.43. The first-order valence-electron chi connectivity index (χ1n) is 5.12. The average Bonchev–Trinajstić information content (AvgIpc) is 2.60. The lowest BCUT2D eigenvalue weighted by atomic mass is 10.1. The number of aromatic nitrogens is 1. The monoisotopic (exact) mass is 224 g/mol. The summed E-state index contributed by atoms with van der Waals surface area (Å²) in [6, 6.07) is 3.51. The molecule has 0 saturated heterocycles. The molecule has 0 bridgehead atoms. The van der Waals surface area contributed by atoms with Gasteiger partial charge in [0, 0.05) is 26.2 Å². The van der Waals surface area contributed by atoms with Gasteiger partial charge in [0.05, 0.1) is 0 Å². The van der Waals surface area contributed by atoms with Crippen LogP contribution in [-0.2, 0) is 11.8 Å². The molecule has 16 heavy (non-hydrogen) atoms. The molecule has 88 valence electrons. The van der Waals surface area contributed by atoms with Gasteiger partial charge in [-0.3, -0.25) is 9.59 Å². The first-order valence-corrected chi connectivity index (χ1v) is 5.12. The highest BCUT2D eigenvalue weighted by Gasteiger charge is 2.11. The largest absolute Gasteiger partial charge is 0.481 e. The number of carboxylic acid groups (broad SMARTS) is 1. The van der Waals surface area contributed by atoms with Crippen molar-refractivity contribution in [2.75, 3.05) is 6.54 Å². The quantitative estimate of drug-likeness (QED) is 0.779. The average molecular weight is 224 g/mol. The normalized spacial score (nSPS) is 12.1. The van der Waals surface area contributed by atoms with Crippen molar-refractivity contribution in [2.45, 2.75) is 13.3 Å². The van der Waals surface area contributed by atoms with Crippen LogP contribution in [0.4, 0.5) is 0 Å². The second kappa shape index (κ2) is 5.34. The van der Waals surface area contributed by atoms with Gasteiger partial charge < -0.3 is 15.0 Å². The topological polar surface area (TPSA) is 71.3 Å². The zero-order chi connectivity index (χ0) is 12.1. The number of carbonyl (C=O) groups excluding carboxylic acids is 1. The summed E-state index contributed by atoms with van der Waals surface area (Å²) in [5, 5.41) is 11.3. The Labute approximate surface area is 94.1 Å². The molecule has 0 radical (unpaired) electrons. The molecule has 0 aliphatic rings. The van der Waals surface area contributed by atoms with Crippen molar-refractivity contribution in [3.05, 3.63) is 24.0 Å². The van der Waals surface area contributed by atoms with E-state index in [4.69, 9.17) is 5.11 Å². The Kier molecular flexibility index (Phi) is 4.10. The molecule has 1 amide bonds. The predicted octanol–water partition coefficient (Wildman–Crippen LogP) is 0.866. The third-order valence-electron chi connectivity index (χ3n) is 2.31. The second-order valence-electron chi connectivity index (χ2n) is 3.92. The molecule has 5 heteroatoms. The highest BCUT2D eigenvalue weighted by atomic mass is 16.4. The van der Waals surface area contributed by atoms with Crippen LogP contribution in [0.3, 0.4) is 0 Å². The van der Waals surface area contributed by atoms with Gasteiger partial charge in [-0.15, -0.1) is 0 Å². The van der Waals surface area contributed by atoms with Gasteiger partial charge in [0.15, 0.2) is 0 Å². The molecule has 0 fully saturated rings. The molecule has 0 spiro atoms. The van der Waals surface area contributed by atoms with Crippen molar-refractivity contribution in [1.82, 2.24) is 9.88 Å². The fourth-order valence-corrected chi connectivity index (χ4v) is 1.42. The van der Waals surface area contributed by atoms with E-state index in [1.54, 1.807) is 36.9 Å². The first-order chi connectivity index (χ1) is 7.50. The molecule has 1 aromatic heterocycles. The minimum absolute atomic E-state index is 0.0629. The van der Waals surface area contributed by atoms with Crippen LogP contribution >= 0.6 is 0 Å². The van der Waals surface area contributed by atoms with Gasteiger partial charge in [0.2, 0.25) is 0 Å². The number of carboxylic acids is 1. The number of nitrogens with zero attached hydrogens (tertiary/aromatic N) is 1. The standard InChI is InChI=1S/C11H16N2O3/c1-8(6-10(14)15)7-12-11(16)9-4-3-5-13(9)2/h3-5,8H,6-7H2,1-2H3,(H,12,16)(H,14,15). The predicted molar refractivity (Wildman–Crippen MR) is 59.2 cm³/mol. The van der Waals surface area contributed by atoms with Crippen LogP contribution in [0.15, 0.2) is 18.3 Å². The van der Waals surface area contributed by atoms with Crippen LogP contribution in [0, 0.1) is 5.92 Å². The molecule has 1 atom stereocenters. The van der Waals surface area contributed by atoms with Crippen LogP contribution in [0.25, 0.3) is 0 Å². The number of aliphatic carboxylic acids is 1. The van der Waals surface area contributed by atoms with Gasteiger partial charge >= 0.3 is 5.97 Å². The van der Waals surface area contributed by atoms with Crippen molar-refractivity contribution in [2.24, 2.45) is 13.0 Å². The summed E-state index contributed by atoms with van der Waals surface area (Å²) in [6.07, 6.45) is 1.85. The Hall–Kier alpha value is -1.78. The van der Waals surface area contributed by atoms with E-state index >= 15 is 0 Å². The summed E-state index contributed by atoms with van der Waals surface area (Å²) >= 11 is 0. The highest BCUT2D eigenvalue weighted by molar-refractivity contribution is 5.92. The summed E-state index contributed by atoms with van der Waals surface area (Å²) in [6.45, 7) is 2.16. The molecule has 0 saturated carbocycles. The summed E-state index contributed by atoms with van der Waals surface area (Å²) in [5.74, 6) is -1.09. The smallest absolute Gasteiger partial charge is 0.303 e. The number of nitrogens with one attached hydrogen (secondary N) is 1. The van der Waals surface area contributed by atoms with Gasteiger partial charge in [-0.2, -0.15) is 0 Å². The van der Waals surface area contributed by atoms with Crippen molar-refractivity contribution in [3.63, 3.8) is 0 Å². The van der Waals surface area contributed by atoms with Crippen LogP contribution < -0.4 is 5.32 Å². The van der Waals surface area contributed by atoms with Gasteiger partial charge in [0.1, 0.15) is 5.69 Å². The van der Waals surface area contributed by atoms with E-state index in [1.807, 2.05) is 0 Å². The number of rotatable bonds is 5. The van der Waals surface area contributed by atoms with Crippen LogP contribution in [-0.4, -0.2) is 28.1 Å². The van der Waals surface area contributed by atoms with Crippen molar-refractivity contribution < 1.29 is 14.7 Å². The molecule has 0 aliphatic carbocycles. The Morgan fingerprint density at radius 3 is 2.75 bits per heavy atom. The van der Waals surface area contributed by atoms with E-state index < -0.39 is 5.97 Å². The zero-order valence-electron chi connectivity index (χ0n) is 9.43. The number of amides is 1. The summed E-state index contributed by atoms with van der Waals surface area (Å²) in [4.78, 5) is 22.1. The van der Waals surface area contributed by atoms with Crippen molar-refractivity contribution in [3.8, 4) is 0 Å². The second-order valence-corrected chi connectivity index (χ2v) is 3.92. The van der Waals surface area contributed by atoms with Crippen molar-refractivity contribution >= 4 is 11.9 Å². The maximum absolute atomic E-state index is 11.6. The molecule has 2 N–H and O–H groups in total. The van der Waals surface area contributed by atoms with Gasteiger partial charge in [0.25, 0.3) is 5.91 Å². The number of carbonyl (C=O) groups is 2. The van der Waals surface area contributed by atoms with Crippen molar-refractivity contribution in [1.29, 1.82) is 0 Å². The van der Waals surface area contributed by atoms with Gasteiger partial charge in [-0.1, -0.05) is 6.92 Å². The third kappa shape index (κ3) is 3.42. The minimum atomic E-state index is -0.847. The fraction of sp³-hybridized carbons (Fsp3) is 0.455. The number of aryl methyl sites for hydroxylation is 1. The molecular formula is C11H16N2O3. The maximum Gasteiger partial charge on any atom is 0.303 e. The fourth-order valence-electron chi connectivity index (χ4n) is 1.42. The lowest BCUT2D eigenvalue weighted by Crippen LogP contribution is -2.30. The Morgan fingerprint density at radius 1 is 1.56 bits per heavy atom. The lowest BCUT2D eigenvalue weighted by molar-refractivity contribution is -0.137. The third-order valence-corrected chi connectivity index (χ3v) is 2.31. The summed E-state index contributed by atoms with van der Waals surface area (Å²) in [5.41, 5.74) is 0.572. The number of hydrogen-bond acceptors (Lipinski definition) is 2. The SMILES string of the molecule is CC(CNC(=O)c1cccn1C)CC(=O)O. The van der Waals surface area contributed by atoms with E-state index in [-0.39, 0.29) is 18.2 Å². The molecule has 5 nitrogen and oxygen atoms in total. The molecule has 1 aromatic rings. The van der Waals surface area contributed by atoms with Gasteiger partial charge in [-0.05, 0) is 18.1 Å². The van der Waals surface area contributed by atoms with Gasteiger partial charge in [-0.25, -0.2) is 0 Å². The van der Waals surface area contributed by atoms with E-state index in [0.717, 1.165) is 0 Å². The number of hydrogen-bond donors (Lipinski definition) is 2.